The third-order valence-corrected chi connectivity index (χ3v) is 2.26. The largest absolute Gasteiger partial charge is 0.383 e. The van der Waals surface area contributed by atoms with Crippen LogP contribution in [0.15, 0.2) is 18.2 Å². The lowest BCUT2D eigenvalue weighted by Crippen LogP contribution is -2.32. The number of benzene rings is 1. The fourth-order valence-electron chi connectivity index (χ4n) is 1.36. The predicted molar refractivity (Wildman–Crippen MR) is 64.5 cm³/mol. The smallest absolute Gasteiger partial charge is 0.239 e. The highest BCUT2D eigenvalue weighted by molar-refractivity contribution is 5.80. The molecule has 0 saturated carbocycles. The first-order valence-electron chi connectivity index (χ1n) is 5.39. The Labute approximate surface area is 100 Å². The van der Waals surface area contributed by atoms with Gasteiger partial charge in [-0.15, -0.1) is 0 Å². The molecule has 0 radical (unpaired) electrons. The van der Waals surface area contributed by atoms with E-state index in [1.807, 2.05) is 0 Å². The zero-order chi connectivity index (χ0) is 12.7. The Hall–Kier alpha value is -1.62. The van der Waals surface area contributed by atoms with Crippen molar-refractivity contribution in [1.29, 1.82) is 0 Å². The lowest BCUT2D eigenvalue weighted by Gasteiger charge is -2.09. The lowest BCUT2D eigenvalue weighted by molar-refractivity contribution is -0.119. The molecule has 0 bridgehead atoms. The molecular weight excluding hydrogens is 223 g/mol. The Kier molecular flexibility index (Phi) is 5.42. The average Bonchev–Trinajstić information content (AvgIpc) is 2.28. The topological polar surface area (TPSA) is 50.4 Å². The highest BCUT2D eigenvalue weighted by Gasteiger charge is 2.03. The number of hydrogen-bond acceptors (Lipinski definition) is 3. The van der Waals surface area contributed by atoms with Crippen molar-refractivity contribution in [3.05, 3.63) is 29.6 Å². The molecule has 5 heteroatoms. The Balaban J connectivity index is 2.37. The van der Waals surface area contributed by atoms with Crippen LogP contribution < -0.4 is 10.6 Å². The summed E-state index contributed by atoms with van der Waals surface area (Å²) in [4.78, 5) is 11.4. The maximum Gasteiger partial charge on any atom is 0.239 e. The summed E-state index contributed by atoms with van der Waals surface area (Å²) in [5.41, 5.74) is 1.53. The monoisotopic (exact) mass is 240 g/mol. The summed E-state index contributed by atoms with van der Waals surface area (Å²) in [5, 5.41) is 5.63. The molecule has 1 aromatic rings. The van der Waals surface area contributed by atoms with E-state index >= 15 is 0 Å². The third-order valence-electron chi connectivity index (χ3n) is 2.26. The van der Waals surface area contributed by atoms with Crippen molar-refractivity contribution in [2.24, 2.45) is 0 Å². The molecular formula is C12H17FN2O2. The molecule has 0 saturated heterocycles. The second-order valence-corrected chi connectivity index (χ2v) is 3.66. The van der Waals surface area contributed by atoms with Crippen LogP contribution in [0, 0.1) is 12.7 Å². The molecule has 0 fully saturated rings. The Morgan fingerprint density at radius 3 is 2.88 bits per heavy atom. The second kappa shape index (κ2) is 6.85. The molecule has 4 nitrogen and oxygen atoms in total. The van der Waals surface area contributed by atoms with Gasteiger partial charge in [0.05, 0.1) is 13.2 Å². The number of rotatable bonds is 6. The van der Waals surface area contributed by atoms with E-state index in [0.717, 1.165) is 11.3 Å². The van der Waals surface area contributed by atoms with Crippen LogP contribution in [0.2, 0.25) is 0 Å². The van der Waals surface area contributed by atoms with E-state index in [1.54, 1.807) is 20.1 Å². The first-order valence-corrected chi connectivity index (χ1v) is 5.39. The number of carbonyl (C=O) groups is 1. The highest BCUT2D eigenvalue weighted by Crippen LogP contribution is 2.14. The van der Waals surface area contributed by atoms with Crippen LogP contribution in [0.25, 0.3) is 0 Å². The Morgan fingerprint density at radius 2 is 2.24 bits per heavy atom. The van der Waals surface area contributed by atoms with E-state index in [-0.39, 0.29) is 18.3 Å². The molecule has 0 atom stereocenters. The summed E-state index contributed by atoms with van der Waals surface area (Å²) >= 11 is 0. The number of anilines is 1. The number of halogens is 1. The zero-order valence-electron chi connectivity index (χ0n) is 10.0. The van der Waals surface area contributed by atoms with Gasteiger partial charge in [-0.05, 0) is 30.7 Å². The number of ether oxygens (including phenoxy) is 1. The van der Waals surface area contributed by atoms with Crippen LogP contribution >= 0.6 is 0 Å². The van der Waals surface area contributed by atoms with Gasteiger partial charge in [-0.1, -0.05) is 0 Å². The van der Waals surface area contributed by atoms with E-state index in [2.05, 4.69) is 10.6 Å². The summed E-state index contributed by atoms with van der Waals surface area (Å²) in [6, 6.07) is 4.40. The molecule has 0 aliphatic rings. The predicted octanol–water partition coefficient (Wildman–Crippen LogP) is 1.31. The van der Waals surface area contributed by atoms with Crippen LogP contribution in [-0.2, 0) is 9.53 Å². The van der Waals surface area contributed by atoms with E-state index in [4.69, 9.17) is 4.74 Å². The fourth-order valence-corrected chi connectivity index (χ4v) is 1.36. The summed E-state index contributed by atoms with van der Waals surface area (Å²) in [6.07, 6.45) is 0. The van der Waals surface area contributed by atoms with Gasteiger partial charge < -0.3 is 15.4 Å². The molecule has 0 spiro atoms. The third kappa shape index (κ3) is 4.82. The molecule has 0 unspecified atom stereocenters. The van der Waals surface area contributed by atoms with Crippen molar-refractivity contribution in [3.63, 3.8) is 0 Å². The zero-order valence-corrected chi connectivity index (χ0v) is 10.0. The van der Waals surface area contributed by atoms with Gasteiger partial charge in [0.2, 0.25) is 5.91 Å². The summed E-state index contributed by atoms with van der Waals surface area (Å²) in [7, 11) is 1.58. The molecule has 0 aliphatic heterocycles. The summed E-state index contributed by atoms with van der Waals surface area (Å²) < 4.78 is 17.6. The highest BCUT2D eigenvalue weighted by atomic mass is 19.1. The van der Waals surface area contributed by atoms with Crippen LogP contribution in [0.5, 0.6) is 0 Å². The first kappa shape index (κ1) is 13.4. The van der Waals surface area contributed by atoms with E-state index in [1.165, 1.54) is 12.1 Å². The number of aryl methyl sites for hydroxylation is 1. The fraction of sp³-hybridized carbons (Fsp3) is 0.417. The first-order chi connectivity index (χ1) is 8.13. The second-order valence-electron chi connectivity index (χ2n) is 3.66. The van der Waals surface area contributed by atoms with Crippen LogP contribution in [0.3, 0.4) is 0 Å². The molecule has 2 N–H and O–H groups in total. The van der Waals surface area contributed by atoms with Crippen molar-refractivity contribution in [2.45, 2.75) is 6.92 Å². The molecule has 17 heavy (non-hydrogen) atoms. The standard InChI is InChI=1S/C12H17FN2O2/c1-9-7-10(13)3-4-11(9)15-8-12(16)14-5-6-17-2/h3-4,7,15H,5-6,8H2,1-2H3,(H,14,16). The van der Waals surface area contributed by atoms with Gasteiger partial charge in [-0.2, -0.15) is 0 Å². The lowest BCUT2D eigenvalue weighted by atomic mass is 10.2. The van der Waals surface area contributed by atoms with Crippen LogP contribution in [0.1, 0.15) is 5.56 Å². The van der Waals surface area contributed by atoms with E-state index < -0.39 is 0 Å². The van der Waals surface area contributed by atoms with E-state index in [0.29, 0.717) is 13.2 Å². The average molecular weight is 240 g/mol. The van der Waals surface area contributed by atoms with Crippen molar-refractivity contribution < 1.29 is 13.9 Å². The minimum Gasteiger partial charge on any atom is -0.383 e. The Morgan fingerprint density at radius 1 is 1.47 bits per heavy atom. The van der Waals surface area contributed by atoms with Crippen LogP contribution in [-0.4, -0.2) is 32.7 Å². The van der Waals surface area contributed by atoms with Crippen LogP contribution in [0.4, 0.5) is 10.1 Å². The van der Waals surface area contributed by atoms with Crippen molar-refractivity contribution >= 4 is 11.6 Å². The van der Waals surface area contributed by atoms with Gasteiger partial charge in [-0.25, -0.2) is 4.39 Å². The number of amides is 1. The quantitative estimate of drug-likeness (QED) is 0.737. The van der Waals surface area contributed by atoms with Gasteiger partial charge in [0.1, 0.15) is 5.82 Å². The number of methoxy groups -OCH3 is 1. The number of nitrogens with one attached hydrogen (secondary N) is 2. The minimum atomic E-state index is -0.280. The molecule has 94 valence electrons. The molecule has 1 rings (SSSR count). The van der Waals surface area contributed by atoms with E-state index in [9.17, 15) is 9.18 Å². The van der Waals surface area contributed by atoms with Gasteiger partial charge in [-0.3, -0.25) is 4.79 Å². The van der Waals surface area contributed by atoms with Crippen molar-refractivity contribution in [3.8, 4) is 0 Å². The summed E-state index contributed by atoms with van der Waals surface area (Å²) in [5.74, 6) is -0.400. The SMILES string of the molecule is COCCNC(=O)CNc1ccc(F)cc1C. The molecule has 1 amide bonds. The van der Waals surface area contributed by atoms with Gasteiger partial charge >= 0.3 is 0 Å². The molecule has 0 aliphatic carbocycles. The van der Waals surface area contributed by atoms with Gasteiger partial charge in [0.25, 0.3) is 0 Å². The number of hydrogen-bond donors (Lipinski definition) is 2. The van der Waals surface area contributed by atoms with Gasteiger partial charge in [0, 0.05) is 19.3 Å². The maximum absolute atomic E-state index is 12.8. The molecule has 1 aromatic carbocycles. The summed E-state index contributed by atoms with van der Waals surface area (Å²) in [6.45, 7) is 2.92. The number of carbonyl (C=O) groups excluding carboxylic acids is 1. The Bertz CT molecular complexity index is 383. The van der Waals surface area contributed by atoms with Crippen molar-refractivity contribution in [1.82, 2.24) is 5.32 Å². The minimum absolute atomic E-state index is 0.120. The molecule has 0 heterocycles. The van der Waals surface area contributed by atoms with Crippen molar-refractivity contribution in [2.75, 3.05) is 32.1 Å². The maximum atomic E-state index is 12.8. The normalized spacial score (nSPS) is 10.1. The molecule has 0 aromatic heterocycles. The van der Waals surface area contributed by atoms with Gasteiger partial charge in [0.15, 0.2) is 0 Å².